The van der Waals surface area contributed by atoms with Crippen molar-refractivity contribution in [3.63, 3.8) is 0 Å². The molecular formula is C27H36N2O3. The second-order valence-electron chi connectivity index (χ2n) is 8.96. The fourth-order valence-electron chi connectivity index (χ4n) is 4.40. The van der Waals surface area contributed by atoms with Gasteiger partial charge in [-0.2, -0.15) is 0 Å². The summed E-state index contributed by atoms with van der Waals surface area (Å²) in [5, 5.41) is 0. The maximum Gasteiger partial charge on any atom is 0.257 e. The van der Waals surface area contributed by atoms with Crippen molar-refractivity contribution in [1.29, 1.82) is 0 Å². The Balaban J connectivity index is 1.93. The average molecular weight is 437 g/mol. The number of carbonyl (C=O) groups excluding carboxylic acids is 2. The monoisotopic (exact) mass is 436 g/mol. The van der Waals surface area contributed by atoms with Crippen LogP contribution >= 0.6 is 0 Å². The Morgan fingerprint density at radius 3 is 2.38 bits per heavy atom. The number of ether oxygens (including phenoxy) is 1. The summed E-state index contributed by atoms with van der Waals surface area (Å²) in [7, 11) is 1.83. The molecule has 2 aromatic rings. The number of rotatable bonds is 4. The second-order valence-corrected chi connectivity index (χ2v) is 8.96. The van der Waals surface area contributed by atoms with Gasteiger partial charge in [-0.25, -0.2) is 0 Å². The van der Waals surface area contributed by atoms with Crippen LogP contribution in [0.25, 0.3) is 0 Å². The van der Waals surface area contributed by atoms with E-state index in [2.05, 4.69) is 20.8 Å². The van der Waals surface area contributed by atoms with Crippen molar-refractivity contribution < 1.29 is 14.3 Å². The van der Waals surface area contributed by atoms with Crippen LogP contribution in [-0.2, 0) is 4.79 Å². The zero-order chi connectivity index (χ0) is 23.1. The van der Waals surface area contributed by atoms with Crippen LogP contribution in [0.15, 0.2) is 54.6 Å². The van der Waals surface area contributed by atoms with Crippen LogP contribution in [0.2, 0.25) is 0 Å². The number of hydrogen-bond donors (Lipinski definition) is 0. The van der Waals surface area contributed by atoms with Gasteiger partial charge in [0.25, 0.3) is 5.91 Å². The predicted octanol–water partition coefficient (Wildman–Crippen LogP) is 4.98. The van der Waals surface area contributed by atoms with Crippen molar-refractivity contribution in [2.24, 2.45) is 5.92 Å². The van der Waals surface area contributed by atoms with Crippen LogP contribution in [0.5, 0.6) is 5.75 Å². The molecule has 2 aromatic carbocycles. The molecule has 2 amide bonds. The predicted molar refractivity (Wildman–Crippen MR) is 128 cm³/mol. The highest BCUT2D eigenvalue weighted by Crippen LogP contribution is 2.27. The minimum Gasteiger partial charge on any atom is -0.491 e. The SMILES string of the molecule is CCC(C(=O)N1CCCCN(C)C(=O)c2ccccc2OC[C@@H]1C(C)C)c1ccccc1. The number of nitrogens with zero attached hydrogens (tertiary/aromatic N) is 2. The standard InChI is InChI=1S/C27H36N2O3/c1-5-22(21-13-7-6-8-14-21)27(31)29-18-12-11-17-28(4)26(30)23-15-9-10-16-25(23)32-19-24(29)20(2)3/h6-10,13-16,20,22,24H,5,11-12,17-19H2,1-4H3/t22?,24-/m1/s1. The second kappa shape index (κ2) is 11.2. The minimum absolute atomic E-state index is 0.0228. The van der Waals surface area contributed by atoms with E-state index in [0.29, 0.717) is 31.0 Å². The molecule has 1 heterocycles. The summed E-state index contributed by atoms with van der Waals surface area (Å²) in [4.78, 5) is 30.5. The van der Waals surface area contributed by atoms with Crippen molar-refractivity contribution in [2.75, 3.05) is 26.7 Å². The molecule has 0 N–H and O–H groups in total. The van der Waals surface area contributed by atoms with E-state index in [1.165, 1.54) is 0 Å². The summed E-state index contributed by atoms with van der Waals surface area (Å²) in [5.74, 6) is 0.779. The lowest BCUT2D eigenvalue weighted by molar-refractivity contribution is -0.137. The van der Waals surface area contributed by atoms with E-state index >= 15 is 0 Å². The zero-order valence-corrected chi connectivity index (χ0v) is 19.8. The van der Waals surface area contributed by atoms with Gasteiger partial charge >= 0.3 is 0 Å². The first kappa shape index (κ1) is 23.8. The molecule has 32 heavy (non-hydrogen) atoms. The largest absolute Gasteiger partial charge is 0.491 e. The Hall–Kier alpha value is -2.82. The van der Waals surface area contributed by atoms with Gasteiger partial charge in [-0.05, 0) is 42.9 Å². The maximum atomic E-state index is 13.8. The molecular weight excluding hydrogens is 400 g/mol. The fourth-order valence-corrected chi connectivity index (χ4v) is 4.40. The molecule has 0 bridgehead atoms. The Bertz CT molecular complexity index is 897. The molecule has 0 aromatic heterocycles. The fraction of sp³-hybridized carbons (Fsp3) is 0.481. The summed E-state index contributed by atoms with van der Waals surface area (Å²) in [5.41, 5.74) is 1.64. The third kappa shape index (κ3) is 5.50. The summed E-state index contributed by atoms with van der Waals surface area (Å²) in [6.45, 7) is 8.02. The van der Waals surface area contributed by atoms with Gasteiger partial charge in [0.1, 0.15) is 12.4 Å². The third-order valence-electron chi connectivity index (χ3n) is 6.38. The van der Waals surface area contributed by atoms with Gasteiger partial charge in [0, 0.05) is 20.1 Å². The molecule has 1 aliphatic rings. The van der Waals surface area contributed by atoms with Gasteiger partial charge in [0.15, 0.2) is 0 Å². The number of fused-ring (bicyclic) bond motifs is 1. The molecule has 0 saturated carbocycles. The van der Waals surface area contributed by atoms with Crippen molar-refractivity contribution in [1.82, 2.24) is 9.80 Å². The molecule has 5 heteroatoms. The van der Waals surface area contributed by atoms with Crippen molar-refractivity contribution in [3.05, 3.63) is 65.7 Å². The number of para-hydroxylation sites is 1. The van der Waals surface area contributed by atoms with Gasteiger partial charge < -0.3 is 14.5 Å². The van der Waals surface area contributed by atoms with Gasteiger partial charge in [0.2, 0.25) is 5.91 Å². The van der Waals surface area contributed by atoms with Crippen LogP contribution in [0.1, 0.15) is 61.9 Å². The van der Waals surface area contributed by atoms with Gasteiger partial charge in [-0.3, -0.25) is 9.59 Å². The van der Waals surface area contributed by atoms with Gasteiger partial charge in [-0.1, -0.05) is 63.2 Å². The molecule has 0 saturated heterocycles. The molecule has 1 unspecified atom stereocenters. The van der Waals surface area contributed by atoms with Gasteiger partial charge in [-0.15, -0.1) is 0 Å². The summed E-state index contributed by atoms with van der Waals surface area (Å²) >= 11 is 0. The maximum absolute atomic E-state index is 13.8. The van der Waals surface area contributed by atoms with E-state index in [4.69, 9.17) is 4.74 Å². The van der Waals surface area contributed by atoms with Crippen LogP contribution in [0.4, 0.5) is 0 Å². The van der Waals surface area contributed by atoms with E-state index in [-0.39, 0.29) is 29.7 Å². The lowest BCUT2D eigenvalue weighted by Gasteiger charge is -2.37. The number of amides is 2. The van der Waals surface area contributed by atoms with Crippen LogP contribution in [0.3, 0.4) is 0 Å². The van der Waals surface area contributed by atoms with E-state index in [1.54, 1.807) is 4.90 Å². The first-order valence-corrected chi connectivity index (χ1v) is 11.8. The molecule has 0 aliphatic carbocycles. The van der Waals surface area contributed by atoms with Crippen LogP contribution in [-0.4, -0.2) is 54.4 Å². The molecule has 172 valence electrons. The molecule has 1 aliphatic heterocycles. The summed E-state index contributed by atoms with van der Waals surface area (Å²) < 4.78 is 6.21. The van der Waals surface area contributed by atoms with Crippen molar-refractivity contribution >= 4 is 11.8 Å². The van der Waals surface area contributed by atoms with Crippen molar-refractivity contribution in [2.45, 2.75) is 52.0 Å². The average Bonchev–Trinajstić information content (AvgIpc) is 2.80. The Morgan fingerprint density at radius 2 is 1.69 bits per heavy atom. The molecule has 0 fully saturated rings. The quantitative estimate of drug-likeness (QED) is 0.679. The smallest absolute Gasteiger partial charge is 0.257 e. The molecule has 0 spiro atoms. The lowest BCUT2D eigenvalue weighted by Crippen LogP contribution is -2.49. The number of benzene rings is 2. The van der Waals surface area contributed by atoms with E-state index < -0.39 is 0 Å². The van der Waals surface area contributed by atoms with Crippen LogP contribution in [0, 0.1) is 5.92 Å². The Morgan fingerprint density at radius 1 is 1.03 bits per heavy atom. The third-order valence-corrected chi connectivity index (χ3v) is 6.38. The Labute approximate surface area is 192 Å². The highest BCUT2D eigenvalue weighted by molar-refractivity contribution is 5.96. The highest BCUT2D eigenvalue weighted by atomic mass is 16.5. The first-order chi connectivity index (χ1) is 15.4. The lowest BCUT2D eigenvalue weighted by atomic mass is 9.92. The zero-order valence-electron chi connectivity index (χ0n) is 19.8. The Kier molecular flexibility index (Phi) is 8.32. The molecule has 5 nitrogen and oxygen atoms in total. The van der Waals surface area contributed by atoms with E-state index in [1.807, 2.05) is 66.5 Å². The van der Waals surface area contributed by atoms with Crippen molar-refractivity contribution in [3.8, 4) is 5.75 Å². The van der Waals surface area contributed by atoms with E-state index in [0.717, 1.165) is 24.8 Å². The molecule has 3 rings (SSSR count). The first-order valence-electron chi connectivity index (χ1n) is 11.8. The van der Waals surface area contributed by atoms with Crippen LogP contribution < -0.4 is 4.74 Å². The number of carbonyl (C=O) groups is 2. The molecule has 0 radical (unpaired) electrons. The number of hydrogen-bond acceptors (Lipinski definition) is 3. The minimum atomic E-state index is -0.165. The van der Waals surface area contributed by atoms with E-state index in [9.17, 15) is 9.59 Å². The van der Waals surface area contributed by atoms with Gasteiger partial charge in [0.05, 0.1) is 17.5 Å². The normalized spacial score (nSPS) is 18.9. The topological polar surface area (TPSA) is 49.9 Å². The molecule has 2 atom stereocenters. The summed E-state index contributed by atoms with van der Waals surface area (Å²) in [6.07, 6.45) is 2.45. The highest BCUT2D eigenvalue weighted by Gasteiger charge is 2.32. The summed E-state index contributed by atoms with van der Waals surface area (Å²) in [6, 6.07) is 17.4.